The van der Waals surface area contributed by atoms with Gasteiger partial charge in [0.25, 0.3) is 0 Å². The van der Waals surface area contributed by atoms with Gasteiger partial charge in [0.05, 0.1) is 25.9 Å². The van der Waals surface area contributed by atoms with E-state index in [-0.39, 0.29) is 6.10 Å². The lowest BCUT2D eigenvalue weighted by atomic mass is 10.1. The highest BCUT2D eigenvalue weighted by atomic mass is 16.6. The van der Waals surface area contributed by atoms with Crippen molar-refractivity contribution in [2.45, 2.75) is 18.6 Å². The maximum atomic E-state index is 5.87. The Hall–Kier alpha value is -1.10. The van der Waals surface area contributed by atoms with Crippen LogP contribution >= 0.6 is 0 Å². The van der Waals surface area contributed by atoms with E-state index in [9.17, 15) is 0 Å². The van der Waals surface area contributed by atoms with E-state index in [0.29, 0.717) is 6.10 Å². The van der Waals surface area contributed by atoms with E-state index in [1.54, 1.807) is 0 Å². The number of hydrogen-bond donors (Lipinski definition) is 0. The summed E-state index contributed by atoms with van der Waals surface area (Å²) in [6.45, 7) is 5.34. The molecule has 1 aromatic rings. The lowest BCUT2D eigenvalue weighted by Gasteiger charge is -2.39. The zero-order valence-electron chi connectivity index (χ0n) is 11.2. The van der Waals surface area contributed by atoms with Gasteiger partial charge in [-0.1, -0.05) is 18.2 Å². The monoisotopic (exact) mass is 263 g/mol. The zero-order valence-corrected chi connectivity index (χ0v) is 11.2. The van der Waals surface area contributed by atoms with E-state index in [1.807, 2.05) is 30.3 Å². The molecule has 0 aromatic heterocycles. The van der Waals surface area contributed by atoms with Gasteiger partial charge in [-0.05, 0) is 18.6 Å². The maximum Gasteiger partial charge on any atom is 0.124 e. The Morgan fingerprint density at radius 3 is 2.74 bits per heavy atom. The lowest BCUT2D eigenvalue weighted by Crippen LogP contribution is -2.54. The number of benzene rings is 1. The van der Waals surface area contributed by atoms with Crippen molar-refractivity contribution in [1.82, 2.24) is 4.90 Å². The van der Waals surface area contributed by atoms with Gasteiger partial charge >= 0.3 is 0 Å². The molecule has 2 saturated heterocycles. The van der Waals surface area contributed by atoms with Crippen molar-refractivity contribution in [1.29, 1.82) is 0 Å². The third kappa shape index (κ3) is 3.69. The van der Waals surface area contributed by atoms with Crippen LogP contribution in [0.1, 0.15) is 6.42 Å². The molecule has 0 saturated carbocycles. The molecular weight excluding hydrogens is 242 g/mol. The molecule has 0 bridgehead atoms. The molecule has 1 unspecified atom stereocenters. The Morgan fingerprint density at radius 1 is 1.16 bits per heavy atom. The summed E-state index contributed by atoms with van der Waals surface area (Å²) in [5.41, 5.74) is 0. The number of hydrogen-bond acceptors (Lipinski definition) is 4. The molecule has 2 fully saturated rings. The first kappa shape index (κ1) is 12.9. The highest BCUT2D eigenvalue weighted by Gasteiger charge is 2.28. The number of nitrogens with zero attached hydrogens (tertiary/aromatic N) is 1. The first-order valence-electron chi connectivity index (χ1n) is 7.03. The molecule has 4 nitrogen and oxygen atoms in total. The molecule has 104 valence electrons. The Bertz CT molecular complexity index is 372. The summed E-state index contributed by atoms with van der Waals surface area (Å²) in [5.74, 6) is 0.969. The van der Waals surface area contributed by atoms with Gasteiger partial charge in [0, 0.05) is 19.6 Å². The third-order valence-electron chi connectivity index (χ3n) is 3.62. The molecule has 0 spiro atoms. The number of likely N-dealkylation sites (tertiary alicyclic amines) is 1. The topological polar surface area (TPSA) is 30.9 Å². The first-order valence-corrected chi connectivity index (χ1v) is 7.03. The van der Waals surface area contributed by atoms with Crippen molar-refractivity contribution in [3.8, 4) is 5.75 Å². The van der Waals surface area contributed by atoms with Crippen LogP contribution in [0.25, 0.3) is 0 Å². The molecule has 0 amide bonds. The van der Waals surface area contributed by atoms with Gasteiger partial charge in [-0.3, -0.25) is 4.90 Å². The normalized spacial score (nSPS) is 24.9. The smallest absolute Gasteiger partial charge is 0.124 e. The molecule has 3 rings (SSSR count). The van der Waals surface area contributed by atoms with Gasteiger partial charge in [-0.25, -0.2) is 0 Å². The average Bonchev–Trinajstić information content (AvgIpc) is 2.43. The number of ether oxygens (including phenoxy) is 3. The molecule has 4 heteroatoms. The van der Waals surface area contributed by atoms with Crippen molar-refractivity contribution in [3.05, 3.63) is 30.3 Å². The summed E-state index contributed by atoms with van der Waals surface area (Å²) in [6.07, 6.45) is 1.67. The molecule has 19 heavy (non-hydrogen) atoms. The minimum absolute atomic E-state index is 0.280. The molecule has 0 aliphatic carbocycles. The minimum Gasteiger partial charge on any atom is -0.488 e. The SMILES string of the molecule is c1ccc(OC2CN(CCC3COCCO3)C2)cc1. The van der Waals surface area contributed by atoms with Crippen LogP contribution in [-0.2, 0) is 9.47 Å². The standard InChI is InChI=1S/C15H21NO3/c1-2-4-13(5-3-1)19-15-10-16(11-15)7-6-14-12-17-8-9-18-14/h1-5,14-15H,6-12H2. The molecule has 0 N–H and O–H groups in total. The van der Waals surface area contributed by atoms with Crippen molar-refractivity contribution < 1.29 is 14.2 Å². The summed E-state index contributed by atoms with van der Waals surface area (Å²) in [5, 5.41) is 0. The fraction of sp³-hybridized carbons (Fsp3) is 0.600. The fourth-order valence-corrected chi connectivity index (χ4v) is 2.50. The lowest BCUT2D eigenvalue weighted by molar-refractivity contribution is -0.0964. The van der Waals surface area contributed by atoms with Crippen molar-refractivity contribution in [3.63, 3.8) is 0 Å². The fourth-order valence-electron chi connectivity index (χ4n) is 2.50. The van der Waals surface area contributed by atoms with Crippen LogP contribution in [0, 0.1) is 0 Å². The molecule has 2 heterocycles. The summed E-state index contributed by atoms with van der Waals surface area (Å²) in [6, 6.07) is 10.0. The Labute approximate surface area is 114 Å². The van der Waals surface area contributed by atoms with Crippen LogP contribution in [0.3, 0.4) is 0 Å². The molecule has 2 aliphatic heterocycles. The quantitative estimate of drug-likeness (QED) is 0.806. The van der Waals surface area contributed by atoms with Crippen LogP contribution < -0.4 is 4.74 Å². The largest absolute Gasteiger partial charge is 0.488 e. The van der Waals surface area contributed by atoms with Crippen LogP contribution in [0.4, 0.5) is 0 Å². The van der Waals surface area contributed by atoms with E-state index in [4.69, 9.17) is 14.2 Å². The third-order valence-corrected chi connectivity index (χ3v) is 3.62. The Kier molecular flexibility index (Phi) is 4.33. The minimum atomic E-state index is 0.280. The molecule has 0 radical (unpaired) electrons. The zero-order chi connectivity index (χ0) is 12.9. The van der Waals surface area contributed by atoms with Gasteiger partial charge in [0.1, 0.15) is 11.9 Å². The van der Waals surface area contributed by atoms with E-state index in [0.717, 1.165) is 51.6 Å². The molecule has 1 aromatic carbocycles. The maximum absolute atomic E-state index is 5.87. The second kappa shape index (κ2) is 6.37. The molecule has 1 atom stereocenters. The second-order valence-corrected chi connectivity index (χ2v) is 5.17. The van der Waals surface area contributed by atoms with Gasteiger partial charge in [-0.15, -0.1) is 0 Å². The summed E-state index contributed by atoms with van der Waals surface area (Å²) >= 11 is 0. The second-order valence-electron chi connectivity index (χ2n) is 5.17. The Morgan fingerprint density at radius 2 is 2.00 bits per heavy atom. The van der Waals surface area contributed by atoms with Crippen LogP contribution in [-0.4, -0.2) is 56.6 Å². The number of rotatable bonds is 5. The van der Waals surface area contributed by atoms with E-state index in [2.05, 4.69) is 4.90 Å². The average molecular weight is 263 g/mol. The van der Waals surface area contributed by atoms with E-state index < -0.39 is 0 Å². The van der Waals surface area contributed by atoms with Crippen LogP contribution in [0.5, 0.6) is 5.75 Å². The number of para-hydroxylation sites is 1. The van der Waals surface area contributed by atoms with Gasteiger partial charge in [0.2, 0.25) is 0 Å². The van der Waals surface area contributed by atoms with Crippen LogP contribution in [0.15, 0.2) is 30.3 Å². The molecular formula is C15H21NO3. The molecule has 2 aliphatic rings. The van der Waals surface area contributed by atoms with E-state index >= 15 is 0 Å². The highest BCUT2D eigenvalue weighted by molar-refractivity contribution is 5.21. The predicted molar refractivity (Wildman–Crippen MR) is 72.5 cm³/mol. The van der Waals surface area contributed by atoms with Crippen molar-refractivity contribution in [2.24, 2.45) is 0 Å². The van der Waals surface area contributed by atoms with Gasteiger partial charge in [0.15, 0.2) is 0 Å². The summed E-state index contributed by atoms with van der Waals surface area (Å²) in [4.78, 5) is 2.41. The van der Waals surface area contributed by atoms with Gasteiger partial charge < -0.3 is 14.2 Å². The van der Waals surface area contributed by atoms with E-state index in [1.165, 1.54) is 0 Å². The van der Waals surface area contributed by atoms with Crippen molar-refractivity contribution >= 4 is 0 Å². The summed E-state index contributed by atoms with van der Waals surface area (Å²) in [7, 11) is 0. The van der Waals surface area contributed by atoms with Crippen molar-refractivity contribution in [2.75, 3.05) is 39.5 Å². The highest BCUT2D eigenvalue weighted by Crippen LogP contribution is 2.18. The predicted octanol–water partition coefficient (Wildman–Crippen LogP) is 1.56. The summed E-state index contributed by atoms with van der Waals surface area (Å²) < 4.78 is 16.9. The first-order chi connectivity index (χ1) is 9.40. The Balaban J connectivity index is 1.32. The van der Waals surface area contributed by atoms with Crippen LogP contribution in [0.2, 0.25) is 0 Å². The van der Waals surface area contributed by atoms with Gasteiger partial charge in [-0.2, -0.15) is 0 Å².